The number of rotatable bonds is 6. The van der Waals surface area contributed by atoms with Crippen LogP contribution in [0, 0.1) is 0 Å². The third kappa shape index (κ3) is 5.74. The van der Waals surface area contributed by atoms with Crippen molar-refractivity contribution in [1.82, 2.24) is 9.90 Å². The Balaban J connectivity index is 0.000000467. The zero-order valence-electron chi connectivity index (χ0n) is 22.8. The monoisotopic (exact) mass is 621 g/mol. The first-order chi connectivity index (χ1) is 20.3. The summed E-state index contributed by atoms with van der Waals surface area (Å²) in [7, 11) is 0.0335. The average Bonchev–Trinajstić information content (AvgIpc) is 3.39. The highest BCUT2D eigenvalue weighted by Crippen LogP contribution is 2.33. The standard InChI is InChI=1S/C26H22N3O6.CHF3O3S/c1-32-19-11-9-15(13-21(19)34-3)28-23-24(26(31)18-8-6-5-7-17(18)25(23)30)29(27-28)16-10-12-20(33-2)22(14-16)35-4;2-1(3,4)8(5,6)7/h5-14H,1-4H3;(H,5,6,7)/q+1;/p-1. The molecule has 0 saturated heterocycles. The average molecular weight is 622 g/mol. The Bertz CT molecular complexity index is 1730. The Morgan fingerprint density at radius 3 is 1.77 bits per heavy atom. The van der Waals surface area contributed by atoms with Gasteiger partial charge in [0.25, 0.3) is 11.4 Å². The minimum Gasteiger partial charge on any atom is -0.741 e. The molecule has 0 amide bonds. The molecule has 0 radical (unpaired) electrons. The molecule has 0 spiro atoms. The fraction of sp³-hybridized carbons (Fsp3) is 0.185. The number of hydrogen-bond donors (Lipinski definition) is 0. The maximum Gasteiger partial charge on any atom is 0.485 e. The van der Waals surface area contributed by atoms with Gasteiger partial charge in [-0.05, 0) is 24.3 Å². The van der Waals surface area contributed by atoms with Gasteiger partial charge in [0.15, 0.2) is 44.5 Å². The van der Waals surface area contributed by atoms with Crippen LogP contribution in [0.5, 0.6) is 23.0 Å². The van der Waals surface area contributed by atoms with E-state index in [0.29, 0.717) is 45.5 Å². The van der Waals surface area contributed by atoms with Crippen LogP contribution < -0.4 is 23.6 Å². The Morgan fingerprint density at radius 1 is 0.767 bits per heavy atom. The topological polar surface area (TPSA) is 150 Å². The van der Waals surface area contributed by atoms with Crippen molar-refractivity contribution in [2.75, 3.05) is 28.4 Å². The van der Waals surface area contributed by atoms with E-state index in [9.17, 15) is 22.8 Å². The number of ketones is 2. The van der Waals surface area contributed by atoms with Crippen LogP contribution in [0.3, 0.4) is 0 Å². The number of benzene rings is 3. The number of hydrogen-bond acceptors (Lipinski definition) is 10. The maximum atomic E-state index is 13.7. The lowest BCUT2D eigenvalue weighted by Gasteiger charge is -2.12. The van der Waals surface area contributed by atoms with Crippen molar-refractivity contribution in [2.24, 2.45) is 0 Å². The summed E-state index contributed by atoms with van der Waals surface area (Å²) >= 11 is 0. The largest absolute Gasteiger partial charge is 0.741 e. The smallest absolute Gasteiger partial charge is 0.485 e. The molecule has 3 aromatic carbocycles. The Kier molecular flexibility index (Phi) is 8.45. The van der Waals surface area contributed by atoms with Gasteiger partial charge in [0.05, 0.1) is 28.4 Å². The first-order valence-corrected chi connectivity index (χ1v) is 13.4. The molecule has 4 aromatic rings. The first kappa shape index (κ1) is 31.0. The van der Waals surface area contributed by atoms with Crippen molar-refractivity contribution in [2.45, 2.75) is 5.51 Å². The molecule has 43 heavy (non-hydrogen) atoms. The van der Waals surface area contributed by atoms with E-state index in [1.165, 1.54) is 37.8 Å². The van der Waals surface area contributed by atoms with Crippen LogP contribution in [-0.4, -0.2) is 68.4 Å². The van der Waals surface area contributed by atoms with Gasteiger partial charge in [-0.15, -0.1) is 0 Å². The summed E-state index contributed by atoms with van der Waals surface area (Å²) in [5.41, 5.74) is -3.64. The van der Waals surface area contributed by atoms with E-state index in [0.717, 1.165) is 0 Å². The second-order valence-corrected chi connectivity index (χ2v) is 9.96. The molecular weight excluding hydrogens is 599 g/mol. The minimum atomic E-state index is -6.09. The fourth-order valence-electron chi connectivity index (χ4n) is 4.20. The van der Waals surface area contributed by atoms with Crippen molar-refractivity contribution in [3.63, 3.8) is 0 Å². The van der Waals surface area contributed by atoms with Gasteiger partial charge in [-0.3, -0.25) is 9.59 Å². The van der Waals surface area contributed by atoms with E-state index in [-0.39, 0.29) is 23.0 Å². The summed E-state index contributed by atoms with van der Waals surface area (Å²) in [5.74, 6) is 1.35. The molecule has 0 aliphatic heterocycles. The molecule has 1 aromatic heterocycles. The van der Waals surface area contributed by atoms with E-state index in [1.807, 2.05) is 0 Å². The summed E-state index contributed by atoms with van der Waals surface area (Å²) < 4.78 is 83.4. The molecule has 0 bridgehead atoms. The number of fused-ring (bicyclic) bond motifs is 2. The van der Waals surface area contributed by atoms with Gasteiger partial charge in [0, 0.05) is 23.3 Å². The van der Waals surface area contributed by atoms with Gasteiger partial charge >= 0.3 is 5.51 Å². The molecule has 0 N–H and O–H groups in total. The lowest BCUT2D eigenvalue weighted by Crippen LogP contribution is -2.41. The SMILES string of the molecule is COc1ccc(-n2n[n+](-c3ccc(OC)c(OC)c3)c3c2C(=O)c2ccccc2C3=O)cc1OC.O=S(=O)([O-])C(F)(F)F. The number of aromatic nitrogens is 3. The van der Waals surface area contributed by atoms with Crippen molar-refractivity contribution >= 4 is 21.7 Å². The Labute approximate surface area is 242 Å². The number of methoxy groups -OCH3 is 4. The number of ether oxygens (including phenoxy) is 4. The molecule has 12 nitrogen and oxygen atoms in total. The molecule has 1 aliphatic carbocycles. The van der Waals surface area contributed by atoms with Crippen molar-refractivity contribution < 1.29 is 59.4 Å². The third-order valence-corrected chi connectivity index (χ3v) is 6.75. The van der Waals surface area contributed by atoms with E-state index in [2.05, 4.69) is 5.21 Å². The number of alkyl halides is 3. The van der Waals surface area contributed by atoms with Crippen molar-refractivity contribution in [1.29, 1.82) is 0 Å². The highest BCUT2D eigenvalue weighted by Gasteiger charge is 2.44. The molecule has 0 saturated carbocycles. The molecule has 5 rings (SSSR count). The summed E-state index contributed by atoms with van der Waals surface area (Å²) in [6, 6.07) is 17.1. The predicted molar refractivity (Wildman–Crippen MR) is 140 cm³/mol. The third-order valence-electron chi connectivity index (χ3n) is 6.18. The van der Waals surface area contributed by atoms with Crippen LogP contribution in [0.2, 0.25) is 0 Å². The quantitative estimate of drug-likeness (QED) is 0.157. The zero-order chi connectivity index (χ0) is 31.7. The van der Waals surface area contributed by atoms with Gasteiger partial charge in [-0.25, -0.2) is 8.42 Å². The molecular formula is C27H22F3N3O9S. The van der Waals surface area contributed by atoms with Gasteiger partial charge in [0.2, 0.25) is 11.6 Å². The summed E-state index contributed by atoms with van der Waals surface area (Å²) in [4.78, 5) is 27.3. The van der Waals surface area contributed by atoms with Crippen LogP contribution in [0.15, 0.2) is 60.7 Å². The maximum absolute atomic E-state index is 13.7. The van der Waals surface area contributed by atoms with E-state index in [4.69, 9.17) is 31.9 Å². The zero-order valence-corrected chi connectivity index (χ0v) is 23.6. The number of nitrogens with zero attached hydrogens (tertiary/aromatic N) is 3. The Hall–Kier alpha value is -4.96. The van der Waals surface area contributed by atoms with Gasteiger partial charge < -0.3 is 23.5 Å². The van der Waals surface area contributed by atoms with Crippen LogP contribution >= 0.6 is 0 Å². The summed E-state index contributed by atoms with van der Waals surface area (Å²) in [6.07, 6.45) is 0. The Morgan fingerprint density at radius 2 is 1.26 bits per heavy atom. The fourth-order valence-corrected chi connectivity index (χ4v) is 4.20. The molecule has 1 heterocycles. The minimum absolute atomic E-state index is 0.149. The molecule has 0 unspecified atom stereocenters. The summed E-state index contributed by atoms with van der Waals surface area (Å²) in [6.45, 7) is 0. The van der Waals surface area contributed by atoms with E-state index >= 15 is 0 Å². The second-order valence-electron chi connectivity index (χ2n) is 8.59. The lowest BCUT2D eigenvalue weighted by molar-refractivity contribution is -0.662. The van der Waals surface area contributed by atoms with Crippen LogP contribution in [0.1, 0.15) is 32.1 Å². The molecule has 16 heteroatoms. The van der Waals surface area contributed by atoms with Crippen LogP contribution in [-0.2, 0) is 10.1 Å². The number of carbonyl (C=O) groups is 2. The highest BCUT2D eigenvalue weighted by molar-refractivity contribution is 7.86. The highest BCUT2D eigenvalue weighted by atomic mass is 32.2. The van der Waals surface area contributed by atoms with E-state index < -0.39 is 15.6 Å². The van der Waals surface area contributed by atoms with Crippen LogP contribution in [0.25, 0.3) is 11.4 Å². The van der Waals surface area contributed by atoms with Crippen molar-refractivity contribution in [3.05, 3.63) is 83.2 Å². The number of carbonyl (C=O) groups excluding carboxylic acids is 2. The number of halogens is 3. The predicted octanol–water partition coefficient (Wildman–Crippen LogP) is 3.01. The molecule has 0 atom stereocenters. The van der Waals surface area contributed by atoms with Gasteiger partial charge in [-0.2, -0.15) is 13.2 Å². The molecule has 0 fully saturated rings. The van der Waals surface area contributed by atoms with E-state index in [1.54, 1.807) is 60.7 Å². The lowest BCUT2D eigenvalue weighted by atomic mass is 9.89. The van der Waals surface area contributed by atoms with Crippen LogP contribution in [0.4, 0.5) is 13.2 Å². The summed E-state index contributed by atoms with van der Waals surface area (Å²) in [5, 5.41) is 4.68. The first-order valence-electron chi connectivity index (χ1n) is 12.0. The van der Waals surface area contributed by atoms with Gasteiger partial charge in [-0.1, -0.05) is 33.6 Å². The molecule has 1 aliphatic rings. The van der Waals surface area contributed by atoms with Gasteiger partial charge in [0.1, 0.15) is 5.21 Å². The molecule has 226 valence electrons. The van der Waals surface area contributed by atoms with Crippen molar-refractivity contribution in [3.8, 4) is 34.4 Å². The second kappa shape index (κ2) is 11.7. The normalized spacial score (nSPS) is 12.5.